The van der Waals surface area contributed by atoms with Gasteiger partial charge in [-0.25, -0.2) is 13.8 Å². The standard InChI is InChI=1S/C42H49F2N2O8P/c1-52-31-16-17-33-27(20-31)18-19-45-40(33)54-32-22-37-38(47)24-42(55(50,51)26-34-35(43)14-9-15-36(34)44)23-29(42)11-6-4-2-3-5-10-28(41(49)46(37)25-32)21-39(48)53-30-12-7-8-13-30/h6,9,11,14-20,28-30,32,37H,2-5,7-8,10,12-13,21-26H2,1H3,(H,50,51)/b11-6-/t28?,29-,32+,37-,42+/m0/s1. The molecule has 0 spiro atoms. The number of aromatic nitrogens is 1. The first-order chi connectivity index (χ1) is 26.5. The maximum atomic E-state index is 14.8. The van der Waals surface area contributed by atoms with Gasteiger partial charge >= 0.3 is 5.97 Å². The highest BCUT2D eigenvalue weighted by Crippen LogP contribution is 2.74. The van der Waals surface area contributed by atoms with Crippen molar-refractivity contribution in [2.75, 3.05) is 13.7 Å². The summed E-state index contributed by atoms with van der Waals surface area (Å²) in [5.41, 5.74) is -0.487. The number of benzene rings is 2. The maximum absolute atomic E-state index is 14.8. The Kier molecular flexibility index (Phi) is 11.7. The van der Waals surface area contributed by atoms with Crippen molar-refractivity contribution in [3.05, 3.63) is 78.0 Å². The minimum atomic E-state index is -4.42. The molecular weight excluding hydrogens is 729 g/mol. The number of allylic oxidation sites excluding steroid dienone is 2. The number of pyridine rings is 1. The lowest BCUT2D eigenvalue weighted by Gasteiger charge is -2.30. The summed E-state index contributed by atoms with van der Waals surface area (Å²) in [6.07, 6.45) is 10.6. The number of hydrogen-bond donors (Lipinski definition) is 1. The zero-order valence-electron chi connectivity index (χ0n) is 31.2. The second-order valence-corrected chi connectivity index (χ2v) is 18.3. The van der Waals surface area contributed by atoms with Gasteiger partial charge in [0.25, 0.3) is 0 Å². The number of ether oxygens (including phenoxy) is 3. The van der Waals surface area contributed by atoms with Gasteiger partial charge in [0, 0.05) is 35.9 Å². The van der Waals surface area contributed by atoms with E-state index in [0.29, 0.717) is 36.3 Å². The van der Waals surface area contributed by atoms with Crippen LogP contribution in [-0.2, 0) is 29.8 Å². The number of hydrogen-bond acceptors (Lipinski definition) is 8. The van der Waals surface area contributed by atoms with E-state index in [9.17, 15) is 32.6 Å². The Morgan fingerprint density at radius 2 is 1.78 bits per heavy atom. The first-order valence-electron chi connectivity index (χ1n) is 19.5. The fourth-order valence-corrected chi connectivity index (χ4v) is 11.3. The van der Waals surface area contributed by atoms with Gasteiger partial charge in [-0.05, 0) is 99.1 Å². The number of ketones is 1. The summed E-state index contributed by atoms with van der Waals surface area (Å²) < 4.78 is 61.6. The second kappa shape index (κ2) is 16.5. The van der Waals surface area contributed by atoms with Crippen LogP contribution in [0.1, 0.15) is 89.0 Å². The molecule has 2 aromatic carbocycles. The number of halogens is 2. The lowest BCUT2D eigenvalue weighted by Crippen LogP contribution is -2.45. The molecule has 0 radical (unpaired) electrons. The summed E-state index contributed by atoms with van der Waals surface area (Å²) in [5.74, 6) is -3.29. The molecule has 2 saturated carbocycles. The van der Waals surface area contributed by atoms with Crippen molar-refractivity contribution in [1.29, 1.82) is 0 Å². The van der Waals surface area contributed by atoms with Crippen LogP contribution in [0.2, 0.25) is 0 Å². The molecule has 0 bridgehead atoms. The van der Waals surface area contributed by atoms with Gasteiger partial charge < -0.3 is 24.0 Å². The SMILES string of the molecule is COc1ccc2c(O[C@@H]3C[C@H]4C(=O)C[C@]5(P(=O)(O)Cc6c(F)cccc6F)C[C@@H]5/C=C\CCCCCC(CC(=O)OC5CCCC5)C(=O)N4C3)nccc2c1. The number of carbonyl (C=O) groups is 3. The number of nitrogens with zero attached hydrogens (tertiary/aromatic N) is 2. The first-order valence-corrected chi connectivity index (χ1v) is 21.4. The number of fused-ring (bicyclic) bond motifs is 3. The summed E-state index contributed by atoms with van der Waals surface area (Å²) in [6.45, 7) is 0.0329. The third-order valence-electron chi connectivity index (χ3n) is 12.0. The fraction of sp³-hybridized carbons (Fsp3) is 0.524. The molecule has 7 rings (SSSR count). The van der Waals surface area contributed by atoms with Crippen molar-refractivity contribution in [3.63, 3.8) is 0 Å². The molecule has 1 aromatic heterocycles. The zero-order valence-corrected chi connectivity index (χ0v) is 32.1. The largest absolute Gasteiger partial charge is 0.497 e. The summed E-state index contributed by atoms with van der Waals surface area (Å²) in [5, 5.41) is 0.0835. The molecule has 4 aliphatic rings. The summed E-state index contributed by atoms with van der Waals surface area (Å²) in [6, 6.07) is 9.56. The topological polar surface area (TPSA) is 132 Å². The molecule has 294 valence electrons. The van der Waals surface area contributed by atoms with Crippen LogP contribution in [-0.4, -0.2) is 69.5 Å². The van der Waals surface area contributed by atoms with E-state index >= 15 is 0 Å². The highest BCUT2D eigenvalue weighted by atomic mass is 31.2. The molecule has 1 saturated heterocycles. The smallest absolute Gasteiger partial charge is 0.306 e. The third-order valence-corrected chi connectivity index (χ3v) is 14.8. The first kappa shape index (κ1) is 39.1. The third kappa shape index (κ3) is 8.50. The number of carbonyl (C=O) groups excluding carboxylic acids is 3. The van der Waals surface area contributed by atoms with Gasteiger partial charge in [0.1, 0.15) is 29.6 Å². The molecule has 2 aliphatic heterocycles. The summed E-state index contributed by atoms with van der Waals surface area (Å²) >= 11 is 0. The van der Waals surface area contributed by atoms with E-state index in [2.05, 4.69) is 4.98 Å². The van der Waals surface area contributed by atoms with Gasteiger partial charge in [-0.15, -0.1) is 0 Å². The lowest BCUT2D eigenvalue weighted by molar-refractivity contribution is -0.154. The van der Waals surface area contributed by atoms with E-state index in [0.717, 1.165) is 56.0 Å². The summed E-state index contributed by atoms with van der Waals surface area (Å²) in [4.78, 5) is 60.1. The van der Waals surface area contributed by atoms with Crippen molar-refractivity contribution in [2.45, 2.75) is 113 Å². The minimum absolute atomic E-state index is 0.0329. The summed E-state index contributed by atoms with van der Waals surface area (Å²) in [7, 11) is -2.85. The second-order valence-electron chi connectivity index (χ2n) is 15.7. The van der Waals surface area contributed by atoms with Crippen LogP contribution in [0.4, 0.5) is 8.78 Å². The average molecular weight is 779 g/mol. The minimum Gasteiger partial charge on any atom is -0.497 e. The van der Waals surface area contributed by atoms with Crippen molar-refractivity contribution in [3.8, 4) is 11.6 Å². The molecule has 6 atom stereocenters. The number of methoxy groups -OCH3 is 1. The zero-order chi connectivity index (χ0) is 38.7. The van der Waals surface area contributed by atoms with Crippen LogP contribution in [0.25, 0.3) is 10.8 Å². The lowest BCUT2D eigenvalue weighted by atomic mass is 9.94. The van der Waals surface area contributed by atoms with Gasteiger partial charge in [-0.3, -0.25) is 18.9 Å². The Labute approximate surface area is 320 Å². The quantitative estimate of drug-likeness (QED) is 0.130. The molecule has 1 N–H and O–H groups in total. The van der Waals surface area contributed by atoms with Crippen LogP contribution in [0, 0.1) is 23.5 Å². The van der Waals surface area contributed by atoms with Crippen molar-refractivity contribution < 1.29 is 46.8 Å². The molecular formula is C42H49F2N2O8P. The van der Waals surface area contributed by atoms with Crippen molar-refractivity contribution >= 4 is 35.8 Å². The Hall–Kier alpha value is -4.15. The highest BCUT2D eigenvalue weighted by molar-refractivity contribution is 7.59. The highest BCUT2D eigenvalue weighted by Gasteiger charge is 2.65. The molecule has 3 aromatic rings. The molecule has 3 heterocycles. The Morgan fingerprint density at radius 3 is 2.55 bits per heavy atom. The molecule has 1 amide bonds. The number of Topliss-reactive ketones (excluding diaryl/α,β-unsaturated/α-hetero) is 1. The average Bonchev–Trinajstić information content (AvgIpc) is 3.43. The Bertz CT molecular complexity index is 1980. The Balaban J connectivity index is 1.20. The van der Waals surface area contributed by atoms with Gasteiger partial charge in [-0.2, -0.15) is 0 Å². The molecule has 2 aliphatic carbocycles. The van der Waals surface area contributed by atoms with Gasteiger partial charge in [-0.1, -0.05) is 31.1 Å². The van der Waals surface area contributed by atoms with E-state index in [4.69, 9.17) is 14.2 Å². The fourth-order valence-electron chi connectivity index (χ4n) is 8.79. The molecule has 3 fully saturated rings. The number of esters is 1. The molecule has 55 heavy (non-hydrogen) atoms. The normalized spacial score (nSPS) is 28.0. The van der Waals surface area contributed by atoms with Crippen LogP contribution in [0.5, 0.6) is 11.6 Å². The van der Waals surface area contributed by atoms with E-state index < -0.39 is 71.6 Å². The maximum Gasteiger partial charge on any atom is 0.306 e. The van der Waals surface area contributed by atoms with Crippen molar-refractivity contribution in [2.24, 2.45) is 11.8 Å². The number of amides is 1. The molecule has 2 unspecified atom stereocenters. The van der Waals surface area contributed by atoms with E-state index in [1.54, 1.807) is 19.4 Å². The van der Waals surface area contributed by atoms with E-state index in [1.807, 2.05) is 30.4 Å². The number of rotatable bonds is 9. The van der Waals surface area contributed by atoms with Gasteiger partial charge in [0.2, 0.25) is 19.2 Å². The van der Waals surface area contributed by atoms with Gasteiger partial charge in [0.15, 0.2) is 5.78 Å². The molecule has 10 nitrogen and oxygen atoms in total. The Morgan fingerprint density at radius 1 is 1.02 bits per heavy atom. The van der Waals surface area contributed by atoms with E-state index in [-0.39, 0.29) is 44.2 Å². The van der Waals surface area contributed by atoms with Crippen LogP contribution >= 0.6 is 7.37 Å². The van der Waals surface area contributed by atoms with Gasteiger partial charge in [0.05, 0.1) is 37.4 Å². The monoisotopic (exact) mass is 778 g/mol. The molecule has 13 heteroatoms. The predicted molar refractivity (Wildman–Crippen MR) is 202 cm³/mol. The van der Waals surface area contributed by atoms with Crippen LogP contribution < -0.4 is 9.47 Å². The van der Waals surface area contributed by atoms with Crippen LogP contribution in [0.3, 0.4) is 0 Å². The van der Waals surface area contributed by atoms with Crippen molar-refractivity contribution in [1.82, 2.24) is 9.88 Å². The van der Waals surface area contributed by atoms with E-state index in [1.165, 1.54) is 11.0 Å². The predicted octanol–water partition coefficient (Wildman–Crippen LogP) is 8.07. The van der Waals surface area contributed by atoms with Crippen LogP contribution in [0.15, 0.2) is 60.8 Å².